The second-order valence-electron chi connectivity index (χ2n) is 8.26. The minimum Gasteiger partial charge on any atom is -0.495 e. The number of carbonyl (C=O) groups excluding carboxylic acids is 1. The Morgan fingerprint density at radius 1 is 1.14 bits per heavy atom. The molecule has 2 atom stereocenters. The first-order valence-corrected chi connectivity index (χ1v) is 11.9. The van der Waals surface area contributed by atoms with Gasteiger partial charge < -0.3 is 30.5 Å². The summed E-state index contributed by atoms with van der Waals surface area (Å²) in [6, 6.07) is 6.65. The van der Waals surface area contributed by atoms with Crippen LogP contribution in [0.25, 0.3) is 0 Å². The zero-order chi connectivity index (χ0) is 25.5. The van der Waals surface area contributed by atoms with Gasteiger partial charge in [0.25, 0.3) is 5.91 Å². The first kappa shape index (κ1) is 25.5. The number of nitrogens with one attached hydrogen (secondary N) is 2. The summed E-state index contributed by atoms with van der Waals surface area (Å²) in [7, 11) is 1.55. The number of aliphatic hydroxyl groups excluding tert-OH is 2. The molecule has 190 valence electrons. The molecular formula is C24H28ClN7O4. The maximum atomic E-state index is 13.0. The second-order valence-corrected chi connectivity index (χ2v) is 8.67. The third-order valence-electron chi connectivity index (χ3n) is 6.00. The fourth-order valence-corrected chi connectivity index (χ4v) is 4.41. The zero-order valence-corrected chi connectivity index (χ0v) is 20.5. The van der Waals surface area contributed by atoms with E-state index in [1.165, 1.54) is 6.20 Å². The highest BCUT2D eigenvalue weighted by atomic mass is 35.5. The molecule has 3 aromatic rings. The summed E-state index contributed by atoms with van der Waals surface area (Å²) < 4.78 is 5.21. The van der Waals surface area contributed by atoms with Crippen LogP contribution in [-0.4, -0.2) is 68.5 Å². The number of rotatable bonds is 10. The molecular weight excluding hydrogens is 486 g/mol. The normalized spacial score (nSPS) is 17.2. The standard InChI is InChI=1S/C24H28ClN7O4/c1-36-20-6-3-15(9-19(20)25)10-28-22-18(23(35)29-12-21-26-7-2-8-27-21)11-30-24(31-22)32-16(13-33)4-5-17(32)14-34/h2-3,6-9,11,16-17,33-34H,4-5,10,12-14H2,1H3,(H,29,35)(H,28,30,31). The van der Waals surface area contributed by atoms with Crippen molar-refractivity contribution in [3.05, 3.63) is 64.8 Å². The summed E-state index contributed by atoms with van der Waals surface area (Å²) in [5, 5.41) is 26.1. The van der Waals surface area contributed by atoms with Crippen LogP contribution in [0.1, 0.15) is 34.6 Å². The number of carbonyl (C=O) groups is 1. The number of amides is 1. The molecule has 1 aromatic carbocycles. The lowest BCUT2D eigenvalue weighted by atomic mass is 10.2. The van der Waals surface area contributed by atoms with Crippen LogP contribution in [0.2, 0.25) is 5.02 Å². The number of ether oxygens (including phenoxy) is 1. The van der Waals surface area contributed by atoms with Crippen molar-refractivity contribution < 1.29 is 19.7 Å². The van der Waals surface area contributed by atoms with Gasteiger partial charge in [-0.25, -0.2) is 15.0 Å². The maximum absolute atomic E-state index is 13.0. The summed E-state index contributed by atoms with van der Waals surface area (Å²) in [5.74, 6) is 1.26. The molecule has 12 heteroatoms. The molecule has 36 heavy (non-hydrogen) atoms. The van der Waals surface area contributed by atoms with Gasteiger partial charge in [-0.2, -0.15) is 4.98 Å². The summed E-state index contributed by atoms with van der Waals surface area (Å²) in [4.78, 5) is 32.1. The van der Waals surface area contributed by atoms with E-state index in [0.717, 1.165) is 5.56 Å². The van der Waals surface area contributed by atoms with E-state index < -0.39 is 5.91 Å². The van der Waals surface area contributed by atoms with E-state index in [4.69, 9.17) is 16.3 Å². The van der Waals surface area contributed by atoms with E-state index in [-0.39, 0.29) is 37.4 Å². The van der Waals surface area contributed by atoms with Crippen LogP contribution in [0.3, 0.4) is 0 Å². The Hall–Kier alpha value is -3.54. The second kappa shape index (κ2) is 11.9. The largest absolute Gasteiger partial charge is 0.495 e. The van der Waals surface area contributed by atoms with Gasteiger partial charge in [-0.15, -0.1) is 0 Å². The molecule has 2 unspecified atom stereocenters. The van der Waals surface area contributed by atoms with Crippen molar-refractivity contribution in [3.8, 4) is 5.75 Å². The van der Waals surface area contributed by atoms with Crippen LogP contribution in [0.4, 0.5) is 11.8 Å². The van der Waals surface area contributed by atoms with Crippen LogP contribution in [0.15, 0.2) is 42.9 Å². The van der Waals surface area contributed by atoms with Gasteiger partial charge in [-0.3, -0.25) is 4.79 Å². The van der Waals surface area contributed by atoms with E-state index in [2.05, 4.69) is 30.6 Å². The fourth-order valence-electron chi connectivity index (χ4n) is 4.13. The highest BCUT2D eigenvalue weighted by Gasteiger charge is 2.35. The third kappa shape index (κ3) is 5.81. The molecule has 1 amide bonds. The lowest BCUT2D eigenvalue weighted by molar-refractivity contribution is 0.0950. The van der Waals surface area contributed by atoms with Gasteiger partial charge in [0, 0.05) is 25.1 Å². The predicted octanol–water partition coefficient (Wildman–Crippen LogP) is 1.79. The number of hydrogen-bond donors (Lipinski definition) is 4. The summed E-state index contributed by atoms with van der Waals surface area (Å²) in [6.07, 6.45) is 6.05. The minimum absolute atomic E-state index is 0.0910. The van der Waals surface area contributed by atoms with E-state index in [1.807, 2.05) is 11.0 Å². The van der Waals surface area contributed by atoms with Crippen molar-refractivity contribution >= 4 is 29.3 Å². The molecule has 1 fully saturated rings. The van der Waals surface area contributed by atoms with Crippen LogP contribution < -0.4 is 20.3 Å². The number of aliphatic hydroxyl groups is 2. The highest BCUT2D eigenvalue weighted by Crippen LogP contribution is 2.30. The van der Waals surface area contributed by atoms with Crippen molar-refractivity contribution in [1.82, 2.24) is 25.3 Å². The quantitative estimate of drug-likeness (QED) is 0.316. The number of nitrogens with zero attached hydrogens (tertiary/aromatic N) is 5. The topological polar surface area (TPSA) is 146 Å². The van der Waals surface area contributed by atoms with Gasteiger partial charge in [0.1, 0.15) is 23.0 Å². The lowest BCUT2D eigenvalue weighted by Gasteiger charge is -2.29. The van der Waals surface area contributed by atoms with Crippen LogP contribution >= 0.6 is 11.6 Å². The Balaban J connectivity index is 1.60. The smallest absolute Gasteiger partial charge is 0.256 e. The molecule has 0 aliphatic carbocycles. The van der Waals surface area contributed by atoms with Crippen LogP contribution in [0, 0.1) is 0 Å². The minimum atomic E-state index is -0.400. The summed E-state index contributed by atoms with van der Waals surface area (Å²) >= 11 is 6.26. The van der Waals surface area contributed by atoms with Crippen LogP contribution in [-0.2, 0) is 13.1 Å². The fraction of sp³-hybridized carbons (Fsp3) is 0.375. The Morgan fingerprint density at radius 2 is 1.86 bits per heavy atom. The molecule has 3 heterocycles. The number of methoxy groups -OCH3 is 1. The van der Waals surface area contributed by atoms with Crippen LogP contribution in [0.5, 0.6) is 5.75 Å². The molecule has 0 spiro atoms. The number of anilines is 2. The molecule has 11 nitrogen and oxygen atoms in total. The average Bonchev–Trinajstić information content (AvgIpc) is 3.34. The van der Waals surface area contributed by atoms with Crippen molar-refractivity contribution in [2.75, 3.05) is 30.5 Å². The van der Waals surface area contributed by atoms with Gasteiger partial charge in [-0.1, -0.05) is 17.7 Å². The molecule has 0 saturated carbocycles. The van der Waals surface area contributed by atoms with E-state index in [0.29, 0.717) is 47.7 Å². The Bertz CT molecular complexity index is 1170. The molecule has 1 saturated heterocycles. The van der Waals surface area contributed by atoms with Gasteiger partial charge >= 0.3 is 0 Å². The number of aromatic nitrogens is 4. The maximum Gasteiger partial charge on any atom is 0.256 e. The summed E-state index contributed by atoms with van der Waals surface area (Å²) in [5.41, 5.74) is 1.09. The molecule has 1 aliphatic rings. The Morgan fingerprint density at radius 3 is 2.50 bits per heavy atom. The lowest BCUT2D eigenvalue weighted by Crippen LogP contribution is -2.41. The predicted molar refractivity (Wildman–Crippen MR) is 134 cm³/mol. The molecule has 4 N–H and O–H groups in total. The average molecular weight is 514 g/mol. The van der Waals surface area contributed by atoms with E-state index in [1.54, 1.807) is 37.7 Å². The molecule has 4 rings (SSSR count). The highest BCUT2D eigenvalue weighted by molar-refractivity contribution is 6.32. The molecule has 2 aromatic heterocycles. The number of benzene rings is 1. The molecule has 0 radical (unpaired) electrons. The third-order valence-corrected chi connectivity index (χ3v) is 6.29. The van der Waals surface area contributed by atoms with Crippen molar-refractivity contribution in [2.24, 2.45) is 0 Å². The SMILES string of the molecule is COc1ccc(CNc2nc(N3C(CO)CCC3CO)ncc2C(=O)NCc2ncccn2)cc1Cl. The zero-order valence-electron chi connectivity index (χ0n) is 19.8. The van der Waals surface area contributed by atoms with E-state index >= 15 is 0 Å². The molecule has 0 bridgehead atoms. The van der Waals surface area contributed by atoms with Gasteiger partial charge in [0.15, 0.2) is 0 Å². The first-order chi connectivity index (χ1) is 17.5. The van der Waals surface area contributed by atoms with Crippen molar-refractivity contribution in [1.29, 1.82) is 0 Å². The number of halogens is 1. The van der Waals surface area contributed by atoms with Gasteiger partial charge in [0.05, 0.1) is 44.0 Å². The monoisotopic (exact) mass is 513 g/mol. The van der Waals surface area contributed by atoms with Gasteiger partial charge in [-0.05, 0) is 36.6 Å². The van der Waals surface area contributed by atoms with Crippen molar-refractivity contribution in [3.63, 3.8) is 0 Å². The van der Waals surface area contributed by atoms with E-state index in [9.17, 15) is 15.0 Å². The Labute approximate surface area is 213 Å². The van der Waals surface area contributed by atoms with Gasteiger partial charge in [0.2, 0.25) is 5.95 Å². The summed E-state index contributed by atoms with van der Waals surface area (Å²) in [6.45, 7) is 0.286. The van der Waals surface area contributed by atoms with Crippen molar-refractivity contribution in [2.45, 2.75) is 38.0 Å². The number of hydrogen-bond acceptors (Lipinski definition) is 10. The molecule has 1 aliphatic heterocycles. The Kier molecular flexibility index (Phi) is 8.47. The first-order valence-electron chi connectivity index (χ1n) is 11.5.